The van der Waals surface area contributed by atoms with Crippen LogP contribution < -0.4 is 14.2 Å². The molecule has 0 saturated heterocycles. The molecule has 0 radical (unpaired) electrons. The van der Waals surface area contributed by atoms with E-state index >= 15 is 0 Å². The molecule has 0 atom stereocenters. The summed E-state index contributed by atoms with van der Waals surface area (Å²) in [6, 6.07) is 20.9. The minimum atomic E-state index is 0.682. The Morgan fingerprint density at radius 3 is 2.03 bits per heavy atom. The molecular weight excluding hydrogens is 406 g/mol. The Morgan fingerprint density at radius 2 is 1.38 bits per heavy atom. The van der Waals surface area contributed by atoms with Crippen LogP contribution in [0.5, 0.6) is 23.0 Å². The predicted molar refractivity (Wildman–Crippen MR) is 118 cm³/mol. The van der Waals surface area contributed by atoms with Crippen LogP contribution in [0.1, 0.15) is 0 Å². The minimum absolute atomic E-state index is 0.682. The van der Waals surface area contributed by atoms with Crippen molar-refractivity contribution in [2.75, 3.05) is 14.2 Å². The molecule has 6 heteroatoms. The van der Waals surface area contributed by atoms with Crippen molar-refractivity contribution in [2.24, 2.45) is 0 Å². The molecular formula is C23H18ClNO3S. The highest BCUT2D eigenvalue weighted by atomic mass is 35.5. The van der Waals surface area contributed by atoms with Crippen molar-refractivity contribution in [3.8, 4) is 44.8 Å². The van der Waals surface area contributed by atoms with Crippen LogP contribution in [0.25, 0.3) is 21.8 Å². The van der Waals surface area contributed by atoms with Gasteiger partial charge < -0.3 is 14.2 Å². The van der Waals surface area contributed by atoms with Crippen molar-refractivity contribution >= 4 is 22.9 Å². The summed E-state index contributed by atoms with van der Waals surface area (Å²) in [5.74, 6) is 2.88. The number of aromatic nitrogens is 1. The molecule has 0 bridgehead atoms. The summed E-state index contributed by atoms with van der Waals surface area (Å²) >= 11 is 7.50. The third-order valence-corrected chi connectivity index (χ3v) is 5.48. The third kappa shape index (κ3) is 4.36. The van der Waals surface area contributed by atoms with E-state index in [1.807, 2.05) is 60.0 Å². The Hall–Kier alpha value is -3.02. The standard InChI is InChI=1S/C23H18ClNO3S/c1-26-21-12-5-16(13-22(21)27-2)20-14-29-23(25-20)15-3-8-18(9-4-15)28-19-10-6-17(24)7-11-19/h3-14H,1-2H3. The molecule has 3 aromatic carbocycles. The van der Waals surface area contributed by atoms with E-state index in [9.17, 15) is 0 Å². The SMILES string of the molecule is COc1ccc(-c2csc(-c3ccc(Oc4ccc(Cl)cc4)cc3)n2)cc1OC. The molecule has 0 aliphatic carbocycles. The maximum absolute atomic E-state index is 5.91. The molecule has 0 aliphatic heterocycles. The molecule has 1 aromatic heterocycles. The Kier molecular flexibility index (Phi) is 5.69. The van der Waals surface area contributed by atoms with Crippen molar-refractivity contribution < 1.29 is 14.2 Å². The van der Waals surface area contributed by atoms with Crippen LogP contribution in [-0.2, 0) is 0 Å². The zero-order valence-corrected chi connectivity index (χ0v) is 17.5. The molecule has 0 unspecified atom stereocenters. The molecule has 4 rings (SSSR count). The smallest absolute Gasteiger partial charge is 0.161 e. The van der Waals surface area contributed by atoms with Gasteiger partial charge in [0.1, 0.15) is 16.5 Å². The molecule has 0 aliphatic rings. The second kappa shape index (κ2) is 8.55. The van der Waals surface area contributed by atoms with Crippen LogP contribution >= 0.6 is 22.9 Å². The lowest BCUT2D eigenvalue weighted by molar-refractivity contribution is 0.355. The molecule has 0 N–H and O–H groups in total. The number of thiazole rings is 1. The third-order valence-electron chi connectivity index (χ3n) is 4.33. The average molecular weight is 424 g/mol. The summed E-state index contributed by atoms with van der Waals surface area (Å²) in [5, 5.41) is 3.66. The molecule has 0 spiro atoms. The van der Waals surface area contributed by atoms with Crippen molar-refractivity contribution in [1.82, 2.24) is 4.98 Å². The van der Waals surface area contributed by atoms with E-state index in [1.165, 1.54) is 0 Å². The molecule has 0 saturated carbocycles. The van der Waals surface area contributed by atoms with Crippen LogP contribution in [0.4, 0.5) is 0 Å². The lowest BCUT2D eigenvalue weighted by atomic mass is 10.1. The maximum Gasteiger partial charge on any atom is 0.161 e. The number of nitrogens with zero attached hydrogens (tertiary/aromatic N) is 1. The zero-order valence-electron chi connectivity index (χ0n) is 15.9. The first-order valence-electron chi connectivity index (χ1n) is 8.88. The summed E-state index contributed by atoms with van der Waals surface area (Å²) < 4.78 is 16.5. The largest absolute Gasteiger partial charge is 0.493 e. The Bertz CT molecular complexity index is 1110. The van der Waals surface area contributed by atoms with E-state index in [1.54, 1.807) is 37.7 Å². The molecule has 146 valence electrons. The van der Waals surface area contributed by atoms with E-state index in [-0.39, 0.29) is 0 Å². The normalized spacial score (nSPS) is 10.6. The number of methoxy groups -OCH3 is 2. The van der Waals surface area contributed by atoms with Gasteiger partial charge in [0.05, 0.1) is 19.9 Å². The van der Waals surface area contributed by atoms with Gasteiger partial charge in [-0.3, -0.25) is 0 Å². The van der Waals surface area contributed by atoms with E-state index in [0.717, 1.165) is 33.3 Å². The first-order valence-corrected chi connectivity index (χ1v) is 10.1. The molecule has 0 fully saturated rings. The topological polar surface area (TPSA) is 40.6 Å². The first kappa shape index (κ1) is 19.3. The number of hydrogen-bond acceptors (Lipinski definition) is 5. The van der Waals surface area contributed by atoms with Gasteiger partial charge in [0.15, 0.2) is 11.5 Å². The van der Waals surface area contributed by atoms with Gasteiger partial charge in [-0.25, -0.2) is 4.98 Å². The van der Waals surface area contributed by atoms with Crippen molar-refractivity contribution in [3.05, 3.63) is 77.1 Å². The zero-order chi connectivity index (χ0) is 20.2. The predicted octanol–water partition coefficient (Wildman–Crippen LogP) is 6.94. The van der Waals surface area contributed by atoms with Gasteiger partial charge in [-0.15, -0.1) is 11.3 Å². The number of hydrogen-bond donors (Lipinski definition) is 0. The second-order valence-corrected chi connectivity index (χ2v) is 7.48. The van der Waals surface area contributed by atoms with Gasteiger partial charge in [-0.2, -0.15) is 0 Å². The molecule has 4 nitrogen and oxygen atoms in total. The summed E-state index contributed by atoms with van der Waals surface area (Å²) in [6.45, 7) is 0. The second-order valence-electron chi connectivity index (χ2n) is 6.19. The summed E-state index contributed by atoms with van der Waals surface area (Å²) in [4.78, 5) is 4.77. The lowest BCUT2D eigenvalue weighted by Gasteiger charge is -2.08. The molecule has 4 aromatic rings. The Morgan fingerprint density at radius 1 is 0.759 bits per heavy atom. The van der Waals surface area contributed by atoms with Gasteiger partial charge in [0.25, 0.3) is 0 Å². The summed E-state index contributed by atoms with van der Waals surface area (Å²) in [6.07, 6.45) is 0. The van der Waals surface area contributed by atoms with Crippen LogP contribution in [0.3, 0.4) is 0 Å². The molecule has 29 heavy (non-hydrogen) atoms. The number of halogens is 1. The van der Waals surface area contributed by atoms with E-state index in [2.05, 4.69) is 0 Å². The molecule has 1 heterocycles. The number of rotatable bonds is 6. The minimum Gasteiger partial charge on any atom is -0.493 e. The van der Waals surface area contributed by atoms with Crippen LogP contribution in [0.2, 0.25) is 5.02 Å². The van der Waals surface area contributed by atoms with Crippen molar-refractivity contribution in [2.45, 2.75) is 0 Å². The summed E-state index contributed by atoms with van der Waals surface area (Å²) in [7, 11) is 3.25. The van der Waals surface area contributed by atoms with Gasteiger partial charge >= 0.3 is 0 Å². The molecule has 0 amide bonds. The maximum atomic E-state index is 5.91. The monoisotopic (exact) mass is 423 g/mol. The van der Waals surface area contributed by atoms with Crippen LogP contribution in [0.15, 0.2) is 72.1 Å². The van der Waals surface area contributed by atoms with Crippen molar-refractivity contribution in [1.29, 1.82) is 0 Å². The van der Waals surface area contributed by atoms with Gasteiger partial charge in [-0.05, 0) is 66.7 Å². The fourth-order valence-corrected chi connectivity index (χ4v) is 3.80. The number of ether oxygens (including phenoxy) is 3. The fourth-order valence-electron chi connectivity index (χ4n) is 2.84. The fraction of sp³-hybridized carbons (Fsp3) is 0.0870. The van der Waals surface area contributed by atoms with Gasteiger partial charge in [0, 0.05) is 21.5 Å². The quantitative estimate of drug-likeness (QED) is 0.336. The summed E-state index contributed by atoms with van der Waals surface area (Å²) in [5.41, 5.74) is 2.91. The van der Waals surface area contributed by atoms with E-state index in [4.69, 9.17) is 30.8 Å². The lowest BCUT2D eigenvalue weighted by Crippen LogP contribution is -1.91. The highest BCUT2D eigenvalue weighted by molar-refractivity contribution is 7.13. The first-order chi connectivity index (χ1) is 14.2. The highest BCUT2D eigenvalue weighted by Crippen LogP contribution is 2.35. The van der Waals surface area contributed by atoms with E-state index < -0.39 is 0 Å². The Balaban J connectivity index is 1.53. The van der Waals surface area contributed by atoms with Crippen LogP contribution in [0, 0.1) is 0 Å². The highest BCUT2D eigenvalue weighted by Gasteiger charge is 2.10. The van der Waals surface area contributed by atoms with Gasteiger partial charge in [0.2, 0.25) is 0 Å². The van der Waals surface area contributed by atoms with Crippen LogP contribution in [-0.4, -0.2) is 19.2 Å². The van der Waals surface area contributed by atoms with E-state index in [0.29, 0.717) is 16.5 Å². The average Bonchev–Trinajstić information content (AvgIpc) is 3.25. The Labute approximate surface area is 178 Å². The number of benzene rings is 3. The van der Waals surface area contributed by atoms with Gasteiger partial charge in [-0.1, -0.05) is 11.6 Å². The van der Waals surface area contributed by atoms with Crippen molar-refractivity contribution in [3.63, 3.8) is 0 Å².